The van der Waals surface area contributed by atoms with Gasteiger partial charge in [0.15, 0.2) is 0 Å². The van der Waals surface area contributed by atoms with E-state index in [9.17, 15) is 35.1 Å². The van der Waals surface area contributed by atoms with Crippen molar-refractivity contribution < 1.29 is 35.1 Å². The van der Waals surface area contributed by atoms with Gasteiger partial charge in [0.05, 0.1) is 0 Å². The van der Waals surface area contributed by atoms with Gasteiger partial charge in [-0.2, -0.15) is 35.1 Å². The molecule has 0 spiro atoms. The summed E-state index contributed by atoms with van der Waals surface area (Å²) in [5.41, 5.74) is 0. The molecule has 0 amide bonds. The normalized spacial score (nSPS) is 15.3. The van der Waals surface area contributed by atoms with Crippen LogP contribution in [0.4, 0.5) is 35.1 Å². The first-order chi connectivity index (χ1) is 7.73. The average Bonchev–Trinajstić information content (AvgIpc) is 2.14. The van der Waals surface area contributed by atoms with Gasteiger partial charge in [0.2, 0.25) is 0 Å². The first-order valence-electron chi connectivity index (χ1n) is 5.24. The van der Waals surface area contributed by atoms with Crippen LogP contribution in [0.1, 0.15) is 33.6 Å². The molecular formula is C10H14F8. The molecule has 0 aromatic heterocycles. The second-order valence-electron chi connectivity index (χ2n) is 4.51. The molecule has 0 saturated heterocycles. The average molecular weight is 286 g/mol. The molecule has 8 heteroatoms. The van der Waals surface area contributed by atoms with Gasteiger partial charge in [-0.3, -0.25) is 0 Å². The van der Waals surface area contributed by atoms with Gasteiger partial charge in [-0.15, -0.1) is 0 Å². The zero-order valence-corrected chi connectivity index (χ0v) is 10.0. The molecule has 18 heavy (non-hydrogen) atoms. The van der Waals surface area contributed by atoms with Gasteiger partial charge >= 0.3 is 23.7 Å². The van der Waals surface area contributed by atoms with Gasteiger partial charge in [0.25, 0.3) is 0 Å². The Hall–Kier alpha value is -0.560. The molecule has 0 saturated carbocycles. The number of alkyl halides is 8. The van der Waals surface area contributed by atoms with Crippen LogP contribution in [-0.4, -0.2) is 23.7 Å². The molecule has 0 unspecified atom stereocenters. The summed E-state index contributed by atoms with van der Waals surface area (Å²) >= 11 is 0. The molecule has 0 aromatic rings. The van der Waals surface area contributed by atoms with Crippen LogP contribution in [0.25, 0.3) is 0 Å². The Morgan fingerprint density at radius 1 is 0.722 bits per heavy atom. The lowest BCUT2D eigenvalue weighted by atomic mass is 9.92. The molecule has 0 aliphatic rings. The fourth-order valence-electron chi connectivity index (χ4n) is 1.32. The topological polar surface area (TPSA) is 0 Å². The SMILES string of the molecule is CCC(F)(F)C(F)(F)C(F)(F)C(F)(F)CC(C)C. The lowest BCUT2D eigenvalue weighted by Gasteiger charge is -2.37. The van der Waals surface area contributed by atoms with E-state index in [-0.39, 0.29) is 0 Å². The molecule has 0 fully saturated rings. The summed E-state index contributed by atoms with van der Waals surface area (Å²) in [5.74, 6) is -23.7. The Balaban J connectivity index is 5.49. The zero-order valence-electron chi connectivity index (χ0n) is 10.0. The predicted molar refractivity (Wildman–Crippen MR) is 49.5 cm³/mol. The Kier molecular flexibility index (Phi) is 4.69. The first kappa shape index (κ1) is 17.4. The van der Waals surface area contributed by atoms with E-state index in [1.54, 1.807) is 0 Å². The molecule has 110 valence electrons. The highest BCUT2D eigenvalue weighted by Gasteiger charge is 2.79. The van der Waals surface area contributed by atoms with E-state index in [4.69, 9.17) is 0 Å². The largest absolute Gasteiger partial charge is 0.378 e. The molecule has 0 aliphatic carbocycles. The third-order valence-electron chi connectivity index (χ3n) is 2.42. The second-order valence-corrected chi connectivity index (χ2v) is 4.51. The van der Waals surface area contributed by atoms with Crippen LogP contribution >= 0.6 is 0 Å². The summed E-state index contributed by atoms with van der Waals surface area (Å²) in [5, 5.41) is 0. The van der Waals surface area contributed by atoms with Crippen LogP contribution in [0, 0.1) is 5.92 Å². The van der Waals surface area contributed by atoms with Crippen molar-refractivity contribution in [3.63, 3.8) is 0 Å². The van der Waals surface area contributed by atoms with Crippen molar-refractivity contribution in [2.45, 2.75) is 57.3 Å². The monoisotopic (exact) mass is 286 g/mol. The molecule has 0 heterocycles. The van der Waals surface area contributed by atoms with Crippen molar-refractivity contribution in [3.8, 4) is 0 Å². The zero-order chi connectivity index (χ0) is 15.0. The van der Waals surface area contributed by atoms with Crippen molar-refractivity contribution in [1.29, 1.82) is 0 Å². The molecule has 0 aliphatic heterocycles. The predicted octanol–water partition coefficient (Wildman–Crippen LogP) is 4.98. The Bertz CT molecular complexity index is 282. The number of halogens is 8. The van der Waals surface area contributed by atoms with Crippen molar-refractivity contribution >= 4 is 0 Å². The van der Waals surface area contributed by atoms with Gasteiger partial charge in [-0.25, -0.2) is 0 Å². The summed E-state index contributed by atoms with van der Waals surface area (Å²) in [7, 11) is 0. The molecule has 0 radical (unpaired) electrons. The van der Waals surface area contributed by atoms with Crippen LogP contribution < -0.4 is 0 Å². The van der Waals surface area contributed by atoms with Gasteiger partial charge in [0.1, 0.15) is 0 Å². The van der Waals surface area contributed by atoms with E-state index < -0.39 is 42.4 Å². The van der Waals surface area contributed by atoms with Crippen molar-refractivity contribution in [3.05, 3.63) is 0 Å². The van der Waals surface area contributed by atoms with Crippen LogP contribution in [-0.2, 0) is 0 Å². The maximum Gasteiger partial charge on any atom is 0.378 e. The third-order valence-corrected chi connectivity index (χ3v) is 2.42. The van der Waals surface area contributed by atoms with Gasteiger partial charge in [-0.05, 0) is 5.92 Å². The lowest BCUT2D eigenvalue weighted by molar-refractivity contribution is -0.368. The third kappa shape index (κ3) is 2.71. The summed E-state index contributed by atoms with van der Waals surface area (Å²) < 4.78 is 104. The van der Waals surface area contributed by atoms with Gasteiger partial charge in [0, 0.05) is 12.8 Å². The standard InChI is InChI=1S/C10H14F8/c1-4-7(11,12)9(15,16)10(17,18)8(13,14)5-6(2)3/h6H,4-5H2,1-3H3. The molecule has 0 atom stereocenters. The van der Waals surface area contributed by atoms with Crippen molar-refractivity contribution in [2.24, 2.45) is 5.92 Å². The van der Waals surface area contributed by atoms with Gasteiger partial charge in [-0.1, -0.05) is 20.8 Å². The summed E-state index contributed by atoms with van der Waals surface area (Å²) in [6.07, 6.45) is -3.26. The highest BCUT2D eigenvalue weighted by Crippen LogP contribution is 2.54. The summed E-state index contributed by atoms with van der Waals surface area (Å²) in [6, 6.07) is 0. The maximum atomic E-state index is 13.1. The van der Waals surface area contributed by atoms with Crippen LogP contribution in [0.3, 0.4) is 0 Å². The lowest BCUT2D eigenvalue weighted by Crippen LogP contribution is -2.62. The van der Waals surface area contributed by atoms with E-state index in [1.807, 2.05) is 0 Å². The second kappa shape index (κ2) is 4.85. The number of hydrogen-bond acceptors (Lipinski definition) is 0. The van der Waals surface area contributed by atoms with Crippen LogP contribution in [0.5, 0.6) is 0 Å². The molecular weight excluding hydrogens is 272 g/mol. The molecule has 0 nitrogen and oxygen atoms in total. The van der Waals surface area contributed by atoms with E-state index in [1.165, 1.54) is 0 Å². The smallest absolute Gasteiger partial charge is 0.200 e. The maximum absolute atomic E-state index is 13.1. The summed E-state index contributed by atoms with van der Waals surface area (Å²) in [6.45, 7) is 2.71. The molecule has 0 rings (SSSR count). The molecule has 0 aromatic carbocycles. The van der Waals surface area contributed by atoms with Crippen LogP contribution in [0.15, 0.2) is 0 Å². The minimum atomic E-state index is -6.11. The van der Waals surface area contributed by atoms with E-state index in [0.717, 1.165) is 13.8 Å². The first-order valence-corrected chi connectivity index (χ1v) is 5.24. The minimum Gasteiger partial charge on any atom is -0.200 e. The molecule has 0 bridgehead atoms. The fourth-order valence-corrected chi connectivity index (χ4v) is 1.32. The van der Waals surface area contributed by atoms with E-state index in [2.05, 4.69) is 0 Å². The molecule has 0 N–H and O–H groups in total. The summed E-state index contributed by atoms with van der Waals surface area (Å²) in [4.78, 5) is 0. The van der Waals surface area contributed by atoms with E-state index in [0.29, 0.717) is 6.92 Å². The number of rotatable bonds is 6. The highest BCUT2D eigenvalue weighted by atomic mass is 19.4. The number of hydrogen-bond donors (Lipinski definition) is 0. The highest BCUT2D eigenvalue weighted by molar-refractivity contribution is 5.03. The Morgan fingerprint density at radius 2 is 1.06 bits per heavy atom. The fraction of sp³-hybridized carbons (Fsp3) is 1.00. The van der Waals surface area contributed by atoms with Crippen LogP contribution in [0.2, 0.25) is 0 Å². The Labute approximate surface area is 99.3 Å². The van der Waals surface area contributed by atoms with Crippen molar-refractivity contribution in [2.75, 3.05) is 0 Å². The quantitative estimate of drug-likeness (QED) is 0.604. The van der Waals surface area contributed by atoms with Crippen molar-refractivity contribution in [1.82, 2.24) is 0 Å². The van der Waals surface area contributed by atoms with E-state index >= 15 is 0 Å². The van der Waals surface area contributed by atoms with Gasteiger partial charge < -0.3 is 0 Å². The minimum absolute atomic E-state index is 0.518. The Morgan fingerprint density at radius 3 is 1.33 bits per heavy atom.